The van der Waals surface area contributed by atoms with E-state index in [0.29, 0.717) is 55.2 Å². The SMILES string of the molecule is CCOC(=O)c1nn(-c2ccc(OC)cc2)c2c1CCN(C1CCN(NC(=O)CCCCBr)CC1)C2=O. The zero-order chi connectivity index (χ0) is 26.4. The van der Waals surface area contributed by atoms with Gasteiger partial charge in [0.15, 0.2) is 5.69 Å². The molecule has 1 aromatic carbocycles. The van der Waals surface area contributed by atoms with Gasteiger partial charge in [0, 0.05) is 43.0 Å². The molecule has 0 radical (unpaired) electrons. The third-order valence-electron chi connectivity index (χ3n) is 6.81. The number of hydrazine groups is 1. The highest BCUT2D eigenvalue weighted by Crippen LogP contribution is 2.30. The Bertz CT molecular complexity index is 1110. The van der Waals surface area contributed by atoms with Crippen molar-refractivity contribution in [2.24, 2.45) is 0 Å². The number of fused-ring (bicyclic) bond motifs is 1. The van der Waals surface area contributed by atoms with Crippen LogP contribution in [0.5, 0.6) is 5.75 Å². The molecule has 2 aliphatic heterocycles. The van der Waals surface area contributed by atoms with Crippen LogP contribution in [0.2, 0.25) is 0 Å². The van der Waals surface area contributed by atoms with E-state index in [0.717, 1.165) is 31.0 Å². The first-order valence-corrected chi connectivity index (χ1v) is 13.9. The second-order valence-corrected chi connectivity index (χ2v) is 9.95. The number of halogens is 1. The molecular formula is C26H34BrN5O5. The topological polar surface area (TPSA) is 106 Å². The van der Waals surface area contributed by atoms with Gasteiger partial charge in [-0.3, -0.25) is 15.0 Å². The van der Waals surface area contributed by atoms with Crippen LogP contribution in [-0.2, 0) is 16.0 Å². The van der Waals surface area contributed by atoms with Gasteiger partial charge < -0.3 is 14.4 Å². The van der Waals surface area contributed by atoms with Gasteiger partial charge >= 0.3 is 5.97 Å². The van der Waals surface area contributed by atoms with Crippen LogP contribution >= 0.6 is 15.9 Å². The van der Waals surface area contributed by atoms with Crippen LogP contribution < -0.4 is 10.2 Å². The Hall–Kier alpha value is -2.92. The van der Waals surface area contributed by atoms with Crippen LogP contribution in [0.4, 0.5) is 0 Å². The standard InChI is InChI=1S/C26H34BrN5O5/c1-3-37-26(35)23-21-13-17-31(18-11-15-30(16-12-18)28-22(33)6-4-5-14-27)25(34)24(21)32(29-23)19-7-9-20(36-2)10-8-19/h7-10,18H,3-6,11-17H2,1-2H3,(H,28,33). The van der Waals surface area contributed by atoms with E-state index in [4.69, 9.17) is 9.47 Å². The molecule has 4 rings (SSSR count). The number of amides is 2. The van der Waals surface area contributed by atoms with Crippen molar-refractivity contribution >= 4 is 33.7 Å². The molecule has 0 atom stereocenters. The van der Waals surface area contributed by atoms with Crippen LogP contribution in [0.3, 0.4) is 0 Å². The highest BCUT2D eigenvalue weighted by Gasteiger charge is 2.38. The molecule has 0 aliphatic carbocycles. The zero-order valence-electron chi connectivity index (χ0n) is 21.4. The lowest BCUT2D eigenvalue weighted by Gasteiger charge is -2.40. The van der Waals surface area contributed by atoms with E-state index in [9.17, 15) is 14.4 Å². The Kier molecular flexibility index (Phi) is 9.20. The molecule has 3 heterocycles. The van der Waals surface area contributed by atoms with Crippen LogP contribution in [-0.4, -0.2) is 82.2 Å². The quantitative estimate of drug-likeness (QED) is 0.263. The number of hydrogen-bond donors (Lipinski definition) is 1. The van der Waals surface area contributed by atoms with Crippen LogP contribution in [0.25, 0.3) is 5.69 Å². The Morgan fingerprint density at radius 2 is 1.86 bits per heavy atom. The number of nitrogens with one attached hydrogen (secondary N) is 1. The Balaban J connectivity index is 1.50. The third kappa shape index (κ3) is 6.15. The number of esters is 1. The van der Waals surface area contributed by atoms with Crippen LogP contribution in [0.1, 0.15) is 65.6 Å². The lowest BCUT2D eigenvalue weighted by atomic mass is 9.97. The summed E-state index contributed by atoms with van der Waals surface area (Å²) in [6, 6.07) is 7.26. The highest BCUT2D eigenvalue weighted by molar-refractivity contribution is 9.09. The molecule has 11 heteroatoms. The molecule has 0 unspecified atom stereocenters. The number of aromatic nitrogens is 2. The van der Waals surface area contributed by atoms with Gasteiger partial charge in [0.05, 0.1) is 19.4 Å². The van der Waals surface area contributed by atoms with E-state index in [-0.39, 0.29) is 30.2 Å². The summed E-state index contributed by atoms with van der Waals surface area (Å²) in [7, 11) is 1.59. The summed E-state index contributed by atoms with van der Waals surface area (Å²) < 4.78 is 12.0. The molecule has 37 heavy (non-hydrogen) atoms. The van der Waals surface area contributed by atoms with Crippen molar-refractivity contribution in [3.63, 3.8) is 0 Å². The smallest absolute Gasteiger partial charge is 0.359 e. The second kappa shape index (κ2) is 12.6. The van der Waals surface area contributed by atoms with Gasteiger partial charge in [-0.2, -0.15) is 5.10 Å². The average molecular weight is 576 g/mol. The monoisotopic (exact) mass is 575 g/mol. The summed E-state index contributed by atoms with van der Waals surface area (Å²) in [6.07, 6.45) is 4.37. The van der Waals surface area contributed by atoms with Gasteiger partial charge in [-0.25, -0.2) is 14.5 Å². The first-order chi connectivity index (χ1) is 18.0. The fourth-order valence-electron chi connectivity index (χ4n) is 4.90. The normalized spacial score (nSPS) is 16.4. The van der Waals surface area contributed by atoms with E-state index in [1.165, 1.54) is 0 Å². The van der Waals surface area contributed by atoms with Crippen molar-refractivity contribution in [1.29, 1.82) is 0 Å². The van der Waals surface area contributed by atoms with Crippen molar-refractivity contribution in [1.82, 2.24) is 25.1 Å². The predicted octanol–water partition coefficient (Wildman–Crippen LogP) is 3.12. The van der Waals surface area contributed by atoms with E-state index in [2.05, 4.69) is 26.5 Å². The first kappa shape index (κ1) is 27.1. The maximum atomic E-state index is 13.8. The molecule has 0 saturated carbocycles. The van der Waals surface area contributed by atoms with Crippen molar-refractivity contribution in [2.45, 2.75) is 51.5 Å². The number of benzene rings is 1. The van der Waals surface area contributed by atoms with Crippen LogP contribution in [0, 0.1) is 0 Å². The third-order valence-corrected chi connectivity index (χ3v) is 7.37. The number of methoxy groups -OCH3 is 1. The molecule has 200 valence electrons. The van der Waals surface area contributed by atoms with Gasteiger partial charge in [-0.05, 0) is 63.3 Å². The largest absolute Gasteiger partial charge is 0.497 e. The Morgan fingerprint density at radius 3 is 2.51 bits per heavy atom. The van der Waals surface area contributed by atoms with Gasteiger partial charge in [0.25, 0.3) is 5.91 Å². The summed E-state index contributed by atoms with van der Waals surface area (Å²) in [5.74, 6) is 0.0584. The second-order valence-electron chi connectivity index (χ2n) is 9.15. The summed E-state index contributed by atoms with van der Waals surface area (Å²) in [6.45, 7) is 3.84. The van der Waals surface area contributed by atoms with Crippen molar-refractivity contribution in [3.05, 3.63) is 41.2 Å². The lowest BCUT2D eigenvalue weighted by Crippen LogP contribution is -2.53. The summed E-state index contributed by atoms with van der Waals surface area (Å²) in [4.78, 5) is 40.6. The predicted molar refractivity (Wildman–Crippen MR) is 141 cm³/mol. The Morgan fingerprint density at radius 1 is 1.14 bits per heavy atom. The molecule has 1 fully saturated rings. The van der Waals surface area contributed by atoms with E-state index in [1.54, 1.807) is 30.8 Å². The minimum atomic E-state index is -0.521. The number of carbonyl (C=O) groups is 3. The number of alkyl halides is 1. The average Bonchev–Trinajstić information content (AvgIpc) is 3.31. The fourth-order valence-corrected chi connectivity index (χ4v) is 5.30. The number of hydrogen-bond acceptors (Lipinski definition) is 7. The molecule has 1 N–H and O–H groups in total. The molecule has 10 nitrogen and oxygen atoms in total. The maximum Gasteiger partial charge on any atom is 0.359 e. The van der Waals surface area contributed by atoms with Gasteiger partial charge in [0.1, 0.15) is 11.4 Å². The molecule has 0 spiro atoms. The van der Waals surface area contributed by atoms with Gasteiger partial charge in [-0.15, -0.1) is 0 Å². The minimum Gasteiger partial charge on any atom is -0.497 e. The number of rotatable bonds is 10. The maximum absolute atomic E-state index is 13.8. The number of piperidine rings is 1. The summed E-state index contributed by atoms with van der Waals surface area (Å²) >= 11 is 3.39. The van der Waals surface area contributed by atoms with Crippen molar-refractivity contribution in [2.75, 3.05) is 38.7 Å². The van der Waals surface area contributed by atoms with Crippen molar-refractivity contribution < 1.29 is 23.9 Å². The molecule has 2 aromatic rings. The lowest BCUT2D eigenvalue weighted by molar-refractivity contribution is -0.126. The summed E-state index contributed by atoms with van der Waals surface area (Å²) in [5.41, 5.74) is 4.89. The van der Waals surface area contributed by atoms with E-state index < -0.39 is 5.97 Å². The first-order valence-electron chi connectivity index (χ1n) is 12.8. The Labute approximate surface area is 225 Å². The number of carbonyl (C=O) groups excluding carboxylic acids is 3. The minimum absolute atomic E-state index is 0.0352. The number of unbranched alkanes of at least 4 members (excludes halogenated alkanes) is 1. The van der Waals surface area contributed by atoms with E-state index >= 15 is 0 Å². The van der Waals surface area contributed by atoms with Crippen molar-refractivity contribution in [3.8, 4) is 11.4 Å². The van der Waals surface area contributed by atoms with E-state index in [1.807, 2.05) is 22.0 Å². The zero-order valence-corrected chi connectivity index (χ0v) is 23.0. The molecule has 2 aliphatic rings. The molecule has 2 amide bonds. The highest BCUT2D eigenvalue weighted by atomic mass is 79.9. The number of nitrogens with zero attached hydrogens (tertiary/aromatic N) is 4. The molecule has 1 saturated heterocycles. The molecule has 0 bridgehead atoms. The summed E-state index contributed by atoms with van der Waals surface area (Å²) in [5, 5.41) is 7.39. The molecular weight excluding hydrogens is 542 g/mol. The number of ether oxygens (including phenoxy) is 2. The fraction of sp³-hybridized carbons (Fsp3) is 0.538. The molecule has 1 aromatic heterocycles. The van der Waals surface area contributed by atoms with Crippen LogP contribution in [0.15, 0.2) is 24.3 Å². The van der Waals surface area contributed by atoms with Gasteiger partial charge in [0.2, 0.25) is 5.91 Å². The van der Waals surface area contributed by atoms with Gasteiger partial charge in [-0.1, -0.05) is 15.9 Å².